The van der Waals surface area contributed by atoms with Crippen molar-refractivity contribution in [3.63, 3.8) is 0 Å². The predicted molar refractivity (Wildman–Crippen MR) is 47.4 cm³/mol. The van der Waals surface area contributed by atoms with Crippen LogP contribution < -0.4 is 5.72 Å². The molecule has 70 valence electrons. The number of benzene rings is 1. The number of hydrogen-bond donors (Lipinski definition) is 3. The van der Waals surface area contributed by atoms with Gasteiger partial charge in [-0.25, -0.2) is 0 Å². The minimum absolute atomic E-state index is 0.282. The fourth-order valence-corrected chi connectivity index (χ4v) is 0.662. The first kappa shape index (κ1) is 3.67. The van der Waals surface area contributed by atoms with Crippen LogP contribution in [-0.2, 0) is 11.2 Å². The van der Waals surface area contributed by atoms with E-state index in [0.29, 0.717) is 0 Å². The van der Waals surface area contributed by atoms with E-state index in [1.54, 1.807) is 0 Å². The lowest BCUT2D eigenvalue weighted by atomic mass is 10.1. The van der Waals surface area contributed by atoms with Crippen molar-refractivity contribution in [2.45, 2.75) is 12.4 Å². The topological polar surface area (TPSA) is 83.5 Å². The van der Waals surface area contributed by atoms with Crippen molar-refractivity contribution < 1.29 is 23.3 Å². The monoisotopic (exact) mass is 188 g/mol. The van der Waals surface area contributed by atoms with E-state index in [1.165, 1.54) is 0 Å². The molecular formula is C9H11NO3. The molecule has 4 nitrogen and oxygen atoms in total. The molecule has 1 aromatic carbocycles. The van der Waals surface area contributed by atoms with E-state index in [2.05, 4.69) is 5.11 Å². The molecule has 0 aliphatic heterocycles. The van der Waals surface area contributed by atoms with E-state index in [9.17, 15) is 4.79 Å². The van der Waals surface area contributed by atoms with Gasteiger partial charge in [0.15, 0.2) is 0 Å². The van der Waals surface area contributed by atoms with Gasteiger partial charge in [-0.15, -0.1) is 0 Å². The Morgan fingerprint density at radius 3 is 3.31 bits per heavy atom. The highest BCUT2D eigenvalue weighted by Crippen LogP contribution is 2.10. The number of nitrogens with two attached hydrogens (primary N) is 1. The van der Waals surface area contributed by atoms with E-state index in [0.717, 1.165) is 12.1 Å². The van der Waals surface area contributed by atoms with Crippen molar-refractivity contribution in [2.24, 2.45) is 5.72 Å². The van der Waals surface area contributed by atoms with E-state index < -0.39 is 36.0 Å². The van der Waals surface area contributed by atoms with Crippen LogP contribution in [0.2, 0.25) is 2.82 Å². The molecule has 0 bridgehead atoms. The standard InChI is InChI=1S/C9H11NO3/c10-8(9(12)13)5-6-1-3-7(11)4-2-6/h1-4,8,11H,5,10H2,(H,12,13)/t8-/m0/s1/i1D,4D,5D2/hD3. The van der Waals surface area contributed by atoms with Gasteiger partial charge in [0.1, 0.15) is 14.6 Å². The molecule has 0 saturated heterocycles. The smallest absolute Gasteiger partial charge is 0.320 e. The van der Waals surface area contributed by atoms with Crippen LogP contribution in [0.5, 0.6) is 5.75 Å². The van der Waals surface area contributed by atoms with Gasteiger partial charge in [-0.2, -0.15) is 0 Å². The van der Waals surface area contributed by atoms with Gasteiger partial charge in [0.25, 0.3) is 1.43 Å². The van der Waals surface area contributed by atoms with E-state index in [4.69, 9.17) is 14.8 Å². The minimum Gasteiger partial charge on any atom is -0.508 e. The molecule has 1 aromatic rings. The van der Waals surface area contributed by atoms with Crippen molar-refractivity contribution in [3.8, 4) is 5.75 Å². The summed E-state index contributed by atoms with van der Waals surface area (Å²) in [5.74, 6) is -2.03. The minimum atomic E-state index is -2.75. The van der Waals surface area contributed by atoms with E-state index in [1.807, 2.05) is 0 Å². The fraction of sp³-hybridized carbons (Fsp3) is 0.222. The molecule has 0 saturated carbocycles. The number of carboxylic acid groups (broad SMARTS) is 1. The zero-order chi connectivity index (χ0) is 15.7. The Labute approximate surface area is 85.7 Å². The summed E-state index contributed by atoms with van der Waals surface area (Å²) in [5, 5.41) is 13.0. The van der Waals surface area contributed by atoms with Crippen LogP contribution in [0.3, 0.4) is 0 Å². The summed E-state index contributed by atoms with van der Waals surface area (Å²) >= 11 is 0. The number of aromatic hydroxyl groups is 1. The molecule has 0 aliphatic carbocycles. The maximum Gasteiger partial charge on any atom is 0.320 e. The second-order valence-corrected chi connectivity index (χ2v) is 2.24. The van der Waals surface area contributed by atoms with E-state index in [-0.39, 0.29) is 11.5 Å². The zero-order valence-corrected chi connectivity index (χ0v) is 6.44. The molecule has 0 unspecified atom stereocenters. The SMILES string of the molecule is [2H]Oc1cc([2H])c(C([2H])([2H])[C@@H](C(=O)O)N([2H])[2H])cc1[2H]. The molecule has 4 heteroatoms. The van der Waals surface area contributed by atoms with Gasteiger partial charge >= 0.3 is 5.97 Å². The number of phenolic OH excluding ortho intramolecular Hbond substituents is 1. The second-order valence-electron chi connectivity index (χ2n) is 2.24. The van der Waals surface area contributed by atoms with Crippen molar-refractivity contribution in [2.75, 3.05) is 0 Å². The summed E-state index contributed by atoms with van der Waals surface area (Å²) in [6.45, 7) is 0. The lowest BCUT2D eigenvalue weighted by molar-refractivity contribution is -0.138. The fourth-order valence-electron chi connectivity index (χ4n) is 0.662. The largest absolute Gasteiger partial charge is 0.508 e. The summed E-state index contributed by atoms with van der Waals surface area (Å²) in [5.41, 5.74) is -0.777. The van der Waals surface area contributed by atoms with Gasteiger partial charge in [-0.1, -0.05) is 12.1 Å². The Morgan fingerprint density at radius 2 is 2.69 bits per heavy atom. The first-order valence-electron chi connectivity index (χ1n) is 6.67. The molecule has 0 fully saturated rings. The van der Waals surface area contributed by atoms with Gasteiger partial charge in [-0.3, -0.25) is 4.79 Å². The normalized spacial score (nSPS) is 21.2. The van der Waals surface area contributed by atoms with E-state index >= 15 is 0 Å². The molecular weight excluding hydrogens is 170 g/mol. The molecule has 1 atom stereocenters. The second kappa shape index (κ2) is 3.91. The maximum absolute atomic E-state index is 11.0. The molecule has 4 N–H and O–H groups in total. The van der Waals surface area contributed by atoms with Crippen molar-refractivity contribution in [1.82, 2.24) is 0 Å². The lowest BCUT2D eigenvalue weighted by Gasteiger charge is -2.05. The number of phenols is 1. The first-order valence-corrected chi connectivity index (χ1v) is 3.37. The van der Waals surface area contributed by atoms with Crippen molar-refractivity contribution in [1.29, 1.82) is 1.43 Å². The third-order valence-corrected chi connectivity index (χ3v) is 1.24. The first-order chi connectivity index (χ1) is 9.12. The van der Waals surface area contributed by atoms with Gasteiger partial charge in [-0.05, 0) is 24.0 Å². The van der Waals surface area contributed by atoms with Crippen LogP contribution in [0.25, 0.3) is 0 Å². The van der Waals surface area contributed by atoms with Crippen LogP contribution in [0.4, 0.5) is 0 Å². The molecule has 0 radical (unpaired) electrons. The zero-order valence-electron chi connectivity index (χ0n) is 13.4. The van der Waals surface area contributed by atoms with Crippen molar-refractivity contribution in [3.05, 3.63) is 29.8 Å². The number of aliphatic carboxylic acids is 1. The Balaban J connectivity index is 3.41. The van der Waals surface area contributed by atoms with Crippen molar-refractivity contribution >= 4 is 5.97 Å². The number of carboxylic acids is 1. The van der Waals surface area contributed by atoms with Gasteiger partial charge in [0.05, 0.1) is 2.74 Å². The number of rotatable bonds is 5. The third-order valence-electron chi connectivity index (χ3n) is 1.24. The highest BCUT2D eigenvalue weighted by molar-refractivity contribution is 5.73. The Morgan fingerprint density at radius 1 is 1.85 bits per heavy atom. The summed E-state index contributed by atoms with van der Waals surface area (Å²) in [4.78, 5) is 11.0. The maximum atomic E-state index is 11.0. The molecule has 0 aliphatic rings. The van der Waals surface area contributed by atoms with Crippen LogP contribution in [0.15, 0.2) is 24.2 Å². The Bertz CT molecular complexity index is 523. The van der Waals surface area contributed by atoms with Gasteiger partial charge in [0.2, 0.25) is 0 Å². The molecule has 0 heterocycles. The van der Waals surface area contributed by atoms with Crippen LogP contribution in [-0.4, -0.2) is 23.7 Å². The third kappa shape index (κ3) is 2.76. The molecule has 1 rings (SSSR count). The summed E-state index contributed by atoms with van der Waals surface area (Å²) in [6.07, 6.45) is -2.75. The average Bonchev–Trinajstić information content (AvgIpc) is 2.29. The highest BCUT2D eigenvalue weighted by Gasteiger charge is 2.11. The summed E-state index contributed by atoms with van der Waals surface area (Å²) in [6, 6.07) is -1.30. The predicted octanol–water partition coefficient (Wildman–Crippen LogP) is 0.347. The quantitative estimate of drug-likeness (QED) is 0.622. The molecule has 13 heavy (non-hydrogen) atoms. The highest BCUT2D eigenvalue weighted by atomic mass is 16.4. The number of carbonyl (C=O) groups is 1. The number of hydrogen-bond acceptors (Lipinski definition) is 3. The lowest BCUT2D eigenvalue weighted by Crippen LogP contribution is -2.32. The van der Waals surface area contributed by atoms with Crippen LogP contribution in [0.1, 0.15) is 11.0 Å². The molecule has 0 aromatic heterocycles. The van der Waals surface area contributed by atoms with Gasteiger partial charge < -0.3 is 15.9 Å². The summed E-state index contributed by atoms with van der Waals surface area (Å²) in [7, 11) is 0. The van der Waals surface area contributed by atoms with Crippen LogP contribution in [0, 0.1) is 0 Å². The Hall–Kier alpha value is -1.55. The molecule has 0 spiro atoms. The average molecular weight is 188 g/mol. The molecule has 0 amide bonds. The summed E-state index contributed by atoms with van der Waals surface area (Å²) < 4.78 is 51.3. The van der Waals surface area contributed by atoms with Crippen LogP contribution >= 0.6 is 0 Å². The Kier molecular flexibility index (Phi) is 1.10. The van der Waals surface area contributed by atoms with Gasteiger partial charge in [0, 0.05) is 2.74 Å².